The lowest BCUT2D eigenvalue weighted by molar-refractivity contribution is 0.102. The van der Waals surface area contributed by atoms with Crippen molar-refractivity contribution in [2.45, 2.75) is 20.8 Å². The maximum absolute atomic E-state index is 12.7. The maximum atomic E-state index is 12.7. The van der Waals surface area contributed by atoms with Crippen molar-refractivity contribution in [1.29, 1.82) is 0 Å². The van der Waals surface area contributed by atoms with Crippen molar-refractivity contribution in [2.75, 3.05) is 5.32 Å². The van der Waals surface area contributed by atoms with Crippen LogP contribution in [-0.2, 0) is 0 Å². The number of aryl methyl sites for hydroxylation is 1. The fourth-order valence-electron chi connectivity index (χ4n) is 3.03. The highest BCUT2D eigenvalue weighted by Gasteiger charge is 2.13. The molecular formula is C21H19N5O. The number of benzene rings is 2. The summed E-state index contributed by atoms with van der Waals surface area (Å²) in [4.78, 5) is 21.4. The molecule has 2 heterocycles. The SMILES string of the molecule is Cc1nn(-c2ncc(NC(=O)c3cccc4ccccc34)cn2)c(C)c1C. The Labute approximate surface area is 156 Å². The first-order valence-electron chi connectivity index (χ1n) is 8.69. The number of nitrogens with zero attached hydrogens (tertiary/aromatic N) is 4. The first kappa shape index (κ1) is 16.9. The molecular weight excluding hydrogens is 338 g/mol. The zero-order chi connectivity index (χ0) is 19.0. The molecule has 0 unspecified atom stereocenters. The molecule has 0 spiro atoms. The minimum atomic E-state index is -0.190. The smallest absolute Gasteiger partial charge is 0.256 e. The van der Waals surface area contributed by atoms with Crippen LogP contribution >= 0.6 is 0 Å². The molecule has 0 fully saturated rings. The van der Waals surface area contributed by atoms with E-state index < -0.39 is 0 Å². The average molecular weight is 357 g/mol. The molecule has 0 bridgehead atoms. The van der Waals surface area contributed by atoms with Crippen molar-refractivity contribution in [1.82, 2.24) is 19.7 Å². The first-order chi connectivity index (χ1) is 13.0. The van der Waals surface area contributed by atoms with E-state index in [0.717, 1.165) is 27.7 Å². The molecule has 0 radical (unpaired) electrons. The minimum absolute atomic E-state index is 0.190. The summed E-state index contributed by atoms with van der Waals surface area (Å²) < 4.78 is 1.71. The fraction of sp³-hybridized carbons (Fsp3) is 0.143. The Morgan fingerprint density at radius 1 is 0.963 bits per heavy atom. The second-order valence-corrected chi connectivity index (χ2v) is 6.46. The molecule has 4 rings (SSSR count). The summed E-state index contributed by atoms with van der Waals surface area (Å²) in [5.41, 5.74) is 4.22. The molecule has 0 saturated carbocycles. The number of anilines is 1. The quantitative estimate of drug-likeness (QED) is 0.602. The zero-order valence-corrected chi connectivity index (χ0v) is 15.4. The summed E-state index contributed by atoms with van der Waals surface area (Å²) in [5.74, 6) is 0.289. The van der Waals surface area contributed by atoms with Gasteiger partial charge in [-0.1, -0.05) is 36.4 Å². The Hall–Kier alpha value is -3.54. The molecule has 0 aliphatic rings. The number of carbonyl (C=O) groups is 1. The number of aromatic nitrogens is 4. The van der Waals surface area contributed by atoms with Gasteiger partial charge in [-0.25, -0.2) is 14.6 Å². The van der Waals surface area contributed by atoms with Crippen molar-refractivity contribution in [2.24, 2.45) is 0 Å². The summed E-state index contributed by atoms with van der Waals surface area (Å²) in [6.07, 6.45) is 3.19. The fourth-order valence-corrected chi connectivity index (χ4v) is 3.03. The lowest BCUT2D eigenvalue weighted by Gasteiger charge is -2.08. The van der Waals surface area contributed by atoms with Crippen LogP contribution < -0.4 is 5.32 Å². The third-order valence-corrected chi connectivity index (χ3v) is 4.77. The summed E-state index contributed by atoms with van der Waals surface area (Å²) in [5, 5.41) is 9.26. The third kappa shape index (κ3) is 3.06. The molecule has 0 saturated heterocycles. The Balaban J connectivity index is 1.59. The van der Waals surface area contributed by atoms with Gasteiger partial charge in [0.2, 0.25) is 0 Å². The van der Waals surface area contributed by atoms with Crippen molar-refractivity contribution in [3.63, 3.8) is 0 Å². The van der Waals surface area contributed by atoms with Crippen LogP contribution in [0.1, 0.15) is 27.3 Å². The molecule has 0 aliphatic heterocycles. The monoisotopic (exact) mass is 357 g/mol. The maximum Gasteiger partial charge on any atom is 0.256 e. The van der Waals surface area contributed by atoms with Crippen LogP contribution in [0.3, 0.4) is 0 Å². The van der Waals surface area contributed by atoms with Gasteiger partial charge < -0.3 is 5.32 Å². The van der Waals surface area contributed by atoms with Gasteiger partial charge in [-0.3, -0.25) is 4.79 Å². The Morgan fingerprint density at radius 3 is 2.37 bits per heavy atom. The van der Waals surface area contributed by atoms with E-state index in [1.54, 1.807) is 17.1 Å². The molecule has 6 heteroatoms. The van der Waals surface area contributed by atoms with Gasteiger partial charge in [-0.05, 0) is 43.2 Å². The molecule has 134 valence electrons. The molecule has 6 nitrogen and oxygen atoms in total. The number of fused-ring (bicyclic) bond motifs is 1. The molecule has 1 amide bonds. The van der Waals surface area contributed by atoms with Crippen LogP contribution in [0.15, 0.2) is 54.9 Å². The van der Waals surface area contributed by atoms with Crippen LogP contribution in [0.2, 0.25) is 0 Å². The predicted molar refractivity (Wildman–Crippen MR) is 105 cm³/mol. The Morgan fingerprint density at radius 2 is 1.67 bits per heavy atom. The number of hydrogen-bond acceptors (Lipinski definition) is 4. The standard InChI is InChI=1S/C21H19N5O/c1-13-14(2)25-26(15(13)3)21-22-11-17(12-23-21)24-20(27)19-10-6-8-16-7-4-5-9-18(16)19/h4-12H,1-3H3,(H,24,27). The highest BCUT2D eigenvalue weighted by molar-refractivity contribution is 6.12. The number of nitrogens with one attached hydrogen (secondary N) is 1. The number of amides is 1. The zero-order valence-electron chi connectivity index (χ0n) is 15.4. The molecule has 1 N–H and O–H groups in total. The molecule has 4 aromatic rings. The lowest BCUT2D eigenvalue weighted by atomic mass is 10.0. The molecule has 0 atom stereocenters. The van der Waals surface area contributed by atoms with Gasteiger partial charge in [0.15, 0.2) is 0 Å². The van der Waals surface area contributed by atoms with Crippen molar-refractivity contribution in [3.8, 4) is 5.95 Å². The van der Waals surface area contributed by atoms with Gasteiger partial charge in [-0.15, -0.1) is 0 Å². The summed E-state index contributed by atoms with van der Waals surface area (Å²) >= 11 is 0. The summed E-state index contributed by atoms with van der Waals surface area (Å²) in [6, 6.07) is 13.5. The Bertz CT molecular complexity index is 1140. The summed E-state index contributed by atoms with van der Waals surface area (Å²) in [7, 11) is 0. The van der Waals surface area contributed by atoms with E-state index in [4.69, 9.17) is 0 Å². The molecule has 27 heavy (non-hydrogen) atoms. The van der Waals surface area contributed by atoms with Gasteiger partial charge in [0, 0.05) is 11.3 Å². The van der Waals surface area contributed by atoms with E-state index in [2.05, 4.69) is 20.4 Å². The second kappa shape index (κ2) is 6.64. The number of carbonyl (C=O) groups excluding carboxylic acids is 1. The predicted octanol–water partition coefficient (Wildman–Crippen LogP) is 3.99. The van der Waals surface area contributed by atoms with Gasteiger partial charge in [0.05, 0.1) is 23.8 Å². The number of rotatable bonds is 3. The van der Waals surface area contributed by atoms with E-state index in [0.29, 0.717) is 17.2 Å². The average Bonchev–Trinajstić information content (AvgIpc) is 2.95. The van der Waals surface area contributed by atoms with E-state index in [9.17, 15) is 4.79 Å². The van der Waals surface area contributed by atoms with Gasteiger partial charge in [0.1, 0.15) is 0 Å². The first-order valence-corrected chi connectivity index (χ1v) is 8.69. The van der Waals surface area contributed by atoms with Crippen LogP contribution in [-0.4, -0.2) is 25.7 Å². The minimum Gasteiger partial charge on any atom is -0.319 e. The van der Waals surface area contributed by atoms with E-state index in [1.165, 1.54) is 0 Å². The molecule has 0 aliphatic carbocycles. The highest BCUT2D eigenvalue weighted by Crippen LogP contribution is 2.20. The van der Waals surface area contributed by atoms with E-state index >= 15 is 0 Å². The lowest BCUT2D eigenvalue weighted by Crippen LogP contribution is -2.13. The van der Waals surface area contributed by atoms with Gasteiger partial charge in [0.25, 0.3) is 11.9 Å². The topological polar surface area (TPSA) is 72.7 Å². The van der Waals surface area contributed by atoms with Crippen LogP contribution in [0.4, 0.5) is 5.69 Å². The van der Waals surface area contributed by atoms with Crippen LogP contribution in [0, 0.1) is 20.8 Å². The van der Waals surface area contributed by atoms with Crippen LogP contribution in [0.5, 0.6) is 0 Å². The highest BCUT2D eigenvalue weighted by atomic mass is 16.1. The van der Waals surface area contributed by atoms with Crippen molar-refractivity contribution < 1.29 is 4.79 Å². The van der Waals surface area contributed by atoms with E-state index in [1.807, 2.05) is 63.2 Å². The normalized spacial score (nSPS) is 10.9. The third-order valence-electron chi connectivity index (χ3n) is 4.77. The van der Waals surface area contributed by atoms with Crippen molar-refractivity contribution in [3.05, 3.63) is 77.4 Å². The molecule has 2 aromatic heterocycles. The molecule has 2 aromatic carbocycles. The van der Waals surface area contributed by atoms with Gasteiger partial charge in [-0.2, -0.15) is 5.10 Å². The van der Waals surface area contributed by atoms with Gasteiger partial charge >= 0.3 is 0 Å². The van der Waals surface area contributed by atoms with Crippen molar-refractivity contribution >= 4 is 22.4 Å². The largest absolute Gasteiger partial charge is 0.319 e. The second-order valence-electron chi connectivity index (χ2n) is 6.46. The number of hydrogen-bond donors (Lipinski definition) is 1. The summed E-state index contributed by atoms with van der Waals surface area (Å²) in [6.45, 7) is 5.96. The Kier molecular flexibility index (Phi) is 4.16. The van der Waals surface area contributed by atoms with E-state index in [-0.39, 0.29) is 5.91 Å². The van der Waals surface area contributed by atoms with Crippen LogP contribution in [0.25, 0.3) is 16.7 Å².